The molecule has 0 aliphatic carbocycles. The Kier molecular flexibility index (Phi) is 8.21. The summed E-state index contributed by atoms with van der Waals surface area (Å²) in [5.41, 5.74) is 3.28. The van der Waals surface area contributed by atoms with Gasteiger partial charge in [-0.05, 0) is 54.2 Å². The van der Waals surface area contributed by atoms with Crippen LogP contribution in [0.1, 0.15) is 50.7 Å². The van der Waals surface area contributed by atoms with Crippen LogP contribution in [0, 0.1) is 0 Å². The van der Waals surface area contributed by atoms with Crippen molar-refractivity contribution in [2.24, 2.45) is 0 Å². The number of nitrogens with one attached hydrogen (secondary N) is 1. The first-order valence-corrected chi connectivity index (χ1v) is 15.5. The van der Waals surface area contributed by atoms with Crippen LogP contribution in [-0.4, -0.2) is 60.3 Å². The van der Waals surface area contributed by atoms with Gasteiger partial charge in [0.15, 0.2) is 0 Å². The van der Waals surface area contributed by atoms with Gasteiger partial charge in [-0.3, -0.25) is 4.90 Å². The highest BCUT2D eigenvalue weighted by Gasteiger charge is 2.31. The second kappa shape index (κ2) is 11.6. The Hall–Kier alpha value is -3.33. The van der Waals surface area contributed by atoms with E-state index < -0.39 is 10.0 Å². The maximum atomic E-state index is 13.4. The molecule has 40 heavy (non-hydrogen) atoms. The molecule has 1 atom stereocenters. The summed E-state index contributed by atoms with van der Waals surface area (Å²) in [6.07, 6.45) is 0.902. The zero-order valence-corrected chi connectivity index (χ0v) is 24.7. The summed E-state index contributed by atoms with van der Waals surface area (Å²) < 4.78 is 28.3. The third-order valence-electron chi connectivity index (χ3n) is 7.72. The molecule has 0 saturated carbocycles. The van der Waals surface area contributed by atoms with E-state index in [0.29, 0.717) is 31.1 Å². The van der Waals surface area contributed by atoms with Crippen molar-refractivity contribution in [1.82, 2.24) is 19.2 Å². The summed E-state index contributed by atoms with van der Waals surface area (Å²) in [5.74, 6) is 1.58. The van der Waals surface area contributed by atoms with Crippen molar-refractivity contribution in [2.45, 2.75) is 50.5 Å². The number of aromatic nitrogens is 2. The van der Waals surface area contributed by atoms with E-state index in [1.807, 2.05) is 42.5 Å². The Morgan fingerprint density at radius 3 is 2.17 bits per heavy atom. The molecular formula is C32H39N5O2S. The molecule has 7 nitrogen and oxygen atoms in total. The van der Waals surface area contributed by atoms with Gasteiger partial charge in [0.05, 0.1) is 16.5 Å². The standard InChI is InChI=1S/C32H39N5O2S/c1-24(36-20-22-37(23-21-36)40(38,39)27-16-14-26(15-17-27)32(2,3)4)30-34-29-13-9-8-12-28(29)31(35-30)33-19-18-25-10-6-5-7-11-25/h5-17,24H,18-23H2,1-4H3,(H,33,34,35)/t24-/m1/s1. The first-order valence-electron chi connectivity index (χ1n) is 14.0. The lowest BCUT2D eigenvalue weighted by Gasteiger charge is -2.37. The highest BCUT2D eigenvalue weighted by atomic mass is 32.2. The molecule has 1 aliphatic rings. The van der Waals surface area contributed by atoms with E-state index in [-0.39, 0.29) is 11.5 Å². The molecule has 4 aromatic rings. The molecule has 1 saturated heterocycles. The van der Waals surface area contributed by atoms with Gasteiger partial charge in [-0.15, -0.1) is 0 Å². The molecule has 3 aromatic carbocycles. The number of piperazine rings is 1. The summed E-state index contributed by atoms with van der Waals surface area (Å²) in [6, 6.07) is 25.8. The summed E-state index contributed by atoms with van der Waals surface area (Å²) >= 11 is 0. The van der Waals surface area contributed by atoms with Crippen molar-refractivity contribution in [3.05, 3.63) is 95.8 Å². The Morgan fingerprint density at radius 1 is 0.850 bits per heavy atom. The zero-order chi connectivity index (χ0) is 28.3. The number of nitrogens with zero attached hydrogens (tertiary/aromatic N) is 4. The van der Waals surface area contributed by atoms with E-state index >= 15 is 0 Å². The molecule has 5 rings (SSSR count). The molecule has 0 radical (unpaired) electrons. The summed E-state index contributed by atoms with van der Waals surface area (Å²) in [6.45, 7) is 11.4. The maximum Gasteiger partial charge on any atom is 0.243 e. The minimum Gasteiger partial charge on any atom is -0.369 e. The molecule has 1 N–H and O–H groups in total. The van der Waals surface area contributed by atoms with Gasteiger partial charge < -0.3 is 5.32 Å². The van der Waals surface area contributed by atoms with Crippen molar-refractivity contribution in [1.29, 1.82) is 0 Å². The van der Waals surface area contributed by atoms with Crippen LogP contribution in [0.25, 0.3) is 10.9 Å². The molecule has 1 aliphatic heterocycles. The van der Waals surface area contributed by atoms with Crippen molar-refractivity contribution < 1.29 is 8.42 Å². The third-order valence-corrected chi connectivity index (χ3v) is 9.64. The molecule has 210 valence electrons. The lowest BCUT2D eigenvalue weighted by atomic mass is 9.87. The second-order valence-corrected chi connectivity index (χ2v) is 13.4. The quantitative estimate of drug-likeness (QED) is 0.302. The molecule has 2 heterocycles. The first-order chi connectivity index (χ1) is 19.1. The predicted molar refractivity (Wildman–Crippen MR) is 162 cm³/mol. The fraction of sp³-hybridized carbons (Fsp3) is 0.375. The van der Waals surface area contributed by atoms with Crippen LogP contribution in [0.5, 0.6) is 0 Å². The summed E-state index contributed by atoms with van der Waals surface area (Å²) in [4.78, 5) is 12.5. The van der Waals surface area contributed by atoms with Gasteiger partial charge in [-0.25, -0.2) is 18.4 Å². The highest BCUT2D eigenvalue weighted by Crippen LogP contribution is 2.28. The van der Waals surface area contributed by atoms with Crippen LogP contribution in [0.2, 0.25) is 0 Å². The van der Waals surface area contributed by atoms with Gasteiger partial charge in [-0.1, -0.05) is 75.4 Å². The van der Waals surface area contributed by atoms with Gasteiger partial charge in [0.1, 0.15) is 11.6 Å². The van der Waals surface area contributed by atoms with Crippen molar-refractivity contribution in [3.63, 3.8) is 0 Å². The average molecular weight is 558 g/mol. The number of fused-ring (bicyclic) bond motifs is 1. The summed E-state index contributed by atoms with van der Waals surface area (Å²) in [5, 5.41) is 4.54. The topological polar surface area (TPSA) is 78.4 Å². The van der Waals surface area contributed by atoms with Crippen molar-refractivity contribution in [2.75, 3.05) is 38.0 Å². The molecule has 0 amide bonds. The highest BCUT2D eigenvalue weighted by molar-refractivity contribution is 7.89. The molecule has 1 aromatic heterocycles. The molecular weight excluding hydrogens is 518 g/mol. The van der Waals surface area contributed by atoms with E-state index in [9.17, 15) is 8.42 Å². The van der Waals surface area contributed by atoms with E-state index in [0.717, 1.165) is 41.1 Å². The van der Waals surface area contributed by atoms with E-state index in [1.54, 1.807) is 16.4 Å². The Morgan fingerprint density at radius 2 is 1.50 bits per heavy atom. The van der Waals surface area contributed by atoms with Gasteiger partial charge in [-0.2, -0.15) is 4.31 Å². The van der Waals surface area contributed by atoms with E-state index in [1.165, 1.54) is 5.56 Å². The van der Waals surface area contributed by atoms with Crippen molar-refractivity contribution >= 4 is 26.7 Å². The van der Waals surface area contributed by atoms with Gasteiger partial charge >= 0.3 is 0 Å². The Labute approximate surface area is 238 Å². The van der Waals surface area contributed by atoms with Crippen LogP contribution >= 0.6 is 0 Å². The third kappa shape index (κ3) is 6.19. The smallest absolute Gasteiger partial charge is 0.243 e. The van der Waals surface area contributed by atoms with E-state index in [2.05, 4.69) is 62.2 Å². The number of sulfonamides is 1. The van der Waals surface area contributed by atoms with Crippen LogP contribution in [-0.2, 0) is 21.9 Å². The largest absolute Gasteiger partial charge is 0.369 e. The summed E-state index contributed by atoms with van der Waals surface area (Å²) in [7, 11) is -3.54. The zero-order valence-electron chi connectivity index (χ0n) is 23.8. The molecule has 1 fully saturated rings. The van der Waals surface area contributed by atoms with Crippen molar-refractivity contribution in [3.8, 4) is 0 Å². The number of anilines is 1. The lowest BCUT2D eigenvalue weighted by molar-refractivity contribution is 0.141. The monoisotopic (exact) mass is 557 g/mol. The first kappa shape index (κ1) is 28.2. The van der Waals surface area contributed by atoms with Gasteiger partial charge in [0.25, 0.3) is 0 Å². The van der Waals surface area contributed by atoms with Crippen LogP contribution in [0.4, 0.5) is 5.82 Å². The molecule has 0 unspecified atom stereocenters. The number of para-hydroxylation sites is 1. The van der Waals surface area contributed by atoms with E-state index in [4.69, 9.17) is 9.97 Å². The second-order valence-electron chi connectivity index (χ2n) is 11.5. The normalized spacial score (nSPS) is 16.2. The van der Waals surface area contributed by atoms with Crippen LogP contribution in [0.15, 0.2) is 83.8 Å². The maximum absolute atomic E-state index is 13.4. The minimum atomic E-state index is -3.54. The van der Waals surface area contributed by atoms with Crippen LogP contribution in [0.3, 0.4) is 0 Å². The Bertz CT molecular complexity index is 1540. The predicted octanol–water partition coefficient (Wildman–Crippen LogP) is 5.65. The number of hydrogen-bond acceptors (Lipinski definition) is 6. The fourth-order valence-corrected chi connectivity index (χ4v) is 6.58. The fourth-order valence-electron chi connectivity index (χ4n) is 5.16. The lowest BCUT2D eigenvalue weighted by Crippen LogP contribution is -2.49. The number of benzene rings is 3. The average Bonchev–Trinajstić information content (AvgIpc) is 2.97. The Balaban J connectivity index is 1.27. The molecule has 0 spiro atoms. The number of hydrogen-bond donors (Lipinski definition) is 1. The SMILES string of the molecule is C[C@H](c1nc(NCCc2ccccc2)c2ccccc2n1)N1CCN(S(=O)(=O)c2ccc(C(C)(C)C)cc2)CC1. The van der Waals surface area contributed by atoms with Gasteiger partial charge in [0.2, 0.25) is 10.0 Å². The minimum absolute atomic E-state index is 0.0217. The molecule has 8 heteroatoms. The van der Waals surface area contributed by atoms with Gasteiger partial charge in [0, 0.05) is 38.1 Å². The van der Waals surface area contributed by atoms with Crippen LogP contribution < -0.4 is 5.32 Å². The number of rotatable bonds is 8. The molecule has 0 bridgehead atoms.